The van der Waals surface area contributed by atoms with Crippen LogP contribution in [0.4, 0.5) is 0 Å². The highest BCUT2D eigenvalue weighted by Crippen LogP contribution is 2.45. The highest BCUT2D eigenvalue weighted by molar-refractivity contribution is 7.76. The molecule has 0 bridgehead atoms. The van der Waals surface area contributed by atoms with Gasteiger partial charge in [0.2, 0.25) is 0 Å². The van der Waals surface area contributed by atoms with E-state index in [2.05, 4.69) is 295 Å². The second-order valence-corrected chi connectivity index (χ2v) is 63.5. The van der Waals surface area contributed by atoms with Gasteiger partial charge < -0.3 is 0 Å². The van der Waals surface area contributed by atoms with Crippen LogP contribution in [0.25, 0.3) is 0 Å². The average molecular weight is 1230 g/mol. The van der Waals surface area contributed by atoms with Crippen molar-refractivity contribution in [3.63, 3.8) is 0 Å². The van der Waals surface area contributed by atoms with E-state index in [-0.39, 0.29) is 31.7 Å². The zero-order valence-electron chi connectivity index (χ0n) is 50.7. The Kier molecular flexibility index (Phi) is 24.4. The summed E-state index contributed by atoms with van der Waals surface area (Å²) in [7, 11) is -9.63. The van der Waals surface area contributed by atoms with Crippen molar-refractivity contribution < 1.29 is 0 Å². The SMILES string of the molecule is C[Si](C)(CCC[Si](CCC[Si](C)(C)CP(c1ccccc1)c1ccccc1)(CCC[Si](C)(C)CP(c1ccccc1)c1ccccc1)CCC[Si](C)(C)CP(c1ccccc1)c1ccccc1)CP(c1ccccc1)c1ccccc1. The van der Waals surface area contributed by atoms with Gasteiger partial charge in [-0.3, -0.25) is 0 Å². The molecule has 0 atom stereocenters. The first-order chi connectivity index (χ1) is 39.1. The number of hydrogen-bond acceptors (Lipinski definition) is 0. The Balaban J connectivity index is 1.08. The number of benzene rings is 8. The lowest BCUT2D eigenvalue weighted by Crippen LogP contribution is -2.40. The molecule has 424 valence electrons. The summed E-state index contributed by atoms with van der Waals surface area (Å²) in [5.74, 6) is 5.53. The molecule has 0 saturated carbocycles. The van der Waals surface area contributed by atoms with Crippen molar-refractivity contribution in [2.24, 2.45) is 0 Å². The maximum Gasteiger partial charge on any atom is 0.0535 e. The summed E-state index contributed by atoms with van der Waals surface area (Å²) in [6.45, 7) is 22.1. The van der Waals surface area contributed by atoms with Crippen LogP contribution in [0.2, 0.25) is 101 Å². The van der Waals surface area contributed by atoms with Crippen molar-refractivity contribution in [2.45, 2.75) is 126 Å². The first kappa shape index (κ1) is 63.6. The summed E-state index contributed by atoms with van der Waals surface area (Å²) in [5, 5.41) is 12.5. The summed E-state index contributed by atoms with van der Waals surface area (Å²) in [6.07, 6.45) is 5.76. The second kappa shape index (κ2) is 31.1. The van der Waals surface area contributed by atoms with Crippen LogP contribution >= 0.6 is 31.7 Å². The molecule has 8 rings (SSSR count). The summed E-state index contributed by atoms with van der Waals surface area (Å²) in [5.41, 5.74) is 0. The molecule has 0 amide bonds. The third kappa shape index (κ3) is 20.4. The van der Waals surface area contributed by atoms with Gasteiger partial charge in [0.15, 0.2) is 0 Å². The zero-order valence-corrected chi connectivity index (χ0v) is 59.3. The fourth-order valence-corrected chi connectivity index (χ4v) is 51.4. The molecular formula is C72H96P4Si5. The normalized spacial score (nSPS) is 12.7. The van der Waals surface area contributed by atoms with Crippen LogP contribution < -0.4 is 42.4 Å². The van der Waals surface area contributed by atoms with E-state index in [1.807, 2.05) is 0 Å². The highest BCUT2D eigenvalue weighted by atomic mass is 31.1. The first-order valence-electron chi connectivity index (χ1n) is 30.6. The van der Waals surface area contributed by atoms with Gasteiger partial charge in [-0.1, -0.05) is 369 Å². The number of rotatable bonds is 32. The van der Waals surface area contributed by atoms with Crippen molar-refractivity contribution >= 4 is 114 Å². The lowest BCUT2D eigenvalue weighted by Gasteiger charge is -2.38. The molecule has 9 heteroatoms. The third-order valence-electron chi connectivity index (χ3n) is 17.1. The summed E-state index contributed by atoms with van der Waals surface area (Å²) < 4.78 is 0. The molecule has 81 heavy (non-hydrogen) atoms. The first-order valence-corrected chi connectivity index (χ1v) is 53.2. The molecule has 0 fully saturated rings. The molecule has 0 aromatic heterocycles. The van der Waals surface area contributed by atoms with Gasteiger partial charge in [0, 0.05) is 0 Å². The summed E-state index contributed by atoms with van der Waals surface area (Å²) in [4.78, 5) is 0. The van der Waals surface area contributed by atoms with Gasteiger partial charge in [-0.15, -0.1) is 0 Å². The van der Waals surface area contributed by atoms with Crippen LogP contribution in [-0.4, -0.2) is 63.5 Å². The van der Waals surface area contributed by atoms with Crippen LogP contribution in [0.3, 0.4) is 0 Å². The molecular weight excluding hydrogens is 1130 g/mol. The van der Waals surface area contributed by atoms with Crippen molar-refractivity contribution in [2.75, 3.05) is 23.1 Å². The molecule has 0 unspecified atom stereocenters. The van der Waals surface area contributed by atoms with Crippen LogP contribution in [0.15, 0.2) is 243 Å². The van der Waals surface area contributed by atoms with Gasteiger partial charge in [0.1, 0.15) is 0 Å². The van der Waals surface area contributed by atoms with Crippen molar-refractivity contribution in [1.29, 1.82) is 0 Å². The molecule has 0 heterocycles. The van der Waals surface area contributed by atoms with Crippen LogP contribution in [0, 0.1) is 0 Å². The summed E-state index contributed by atoms with van der Waals surface area (Å²) >= 11 is 0. The van der Waals surface area contributed by atoms with Gasteiger partial charge in [-0.25, -0.2) is 0 Å². The van der Waals surface area contributed by atoms with E-state index >= 15 is 0 Å². The standard InChI is InChI=1S/C72H96P4Si5/c1-77(2,61-73(65-37-17-9-18-38-65)66-39-19-10-20-40-66)53-33-57-81(58-34-54-78(3,4)62-74(67-41-21-11-22-42-67)68-43-23-12-24-44-68,59-35-55-79(5,6)63-75(69-45-25-13-26-46-69)70-47-27-14-28-48-70)60-36-56-80(7,8)64-76(71-49-29-15-30-50-71)72-51-31-16-32-52-72/h9-32,37-52H,33-36,53-64H2,1-8H3. The Morgan fingerprint density at radius 1 is 0.198 bits per heavy atom. The Bertz CT molecular complexity index is 2430. The van der Waals surface area contributed by atoms with Crippen molar-refractivity contribution in [3.05, 3.63) is 243 Å². The summed E-state index contributed by atoms with van der Waals surface area (Å²) in [6, 6.07) is 105. The predicted molar refractivity (Wildman–Crippen MR) is 388 cm³/mol. The van der Waals surface area contributed by atoms with E-state index in [1.165, 1.54) is 97.2 Å². The highest BCUT2D eigenvalue weighted by Gasteiger charge is 2.38. The van der Waals surface area contributed by atoms with E-state index in [0.717, 1.165) is 0 Å². The lowest BCUT2D eigenvalue weighted by atomic mass is 10.4. The quantitative estimate of drug-likeness (QED) is 0.0291. The minimum absolute atomic E-state index is 0.384. The van der Waals surface area contributed by atoms with Gasteiger partial charge >= 0.3 is 0 Å². The van der Waals surface area contributed by atoms with Gasteiger partial charge in [-0.2, -0.15) is 0 Å². The van der Waals surface area contributed by atoms with Gasteiger partial charge in [0.25, 0.3) is 0 Å². The Labute approximate surface area is 502 Å². The zero-order chi connectivity index (χ0) is 57.0. The number of hydrogen-bond donors (Lipinski definition) is 0. The maximum atomic E-state index is 2.76. The van der Waals surface area contributed by atoms with Gasteiger partial charge in [0.05, 0.1) is 40.4 Å². The molecule has 8 aromatic rings. The monoisotopic (exact) mass is 1220 g/mol. The van der Waals surface area contributed by atoms with E-state index in [4.69, 9.17) is 0 Å². The van der Waals surface area contributed by atoms with Crippen LogP contribution in [0.1, 0.15) is 25.7 Å². The van der Waals surface area contributed by atoms with Crippen LogP contribution in [0.5, 0.6) is 0 Å². The third-order valence-corrected chi connectivity index (χ3v) is 55.7. The molecule has 0 aliphatic heterocycles. The van der Waals surface area contributed by atoms with Crippen molar-refractivity contribution in [3.8, 4) is 0 Å². The average Bonchev–Trinajstić information content (AvgIpc) is 3.49. The van der Waals surface area contributed by atoms with E-state index in [9.17, 15) is 0 Å². The Hall–Kier alpha value is -3.44. The smallest absolute Gasteiger partial charge is 0.0535 e. The molecule has 0 aliphatic rings. The van der Waals surface area contributed by atoms with Crippen LogP contribution in [-0.2, 0) is 0 Å². The van der Waals surface area contributed by atoms with E-state index in [0.29, 0.717) is 0 Å². The van der Waals surface area contributed by atoms with E-state index < -0.39 is 40.4 Å². The molecule has 8 aromatic carbocycles. The minimum Gasteiger partial charge on any atom is -0.0691 e. The molecule has 0 spiro atoms. The molecule has 0 nitrogen and oxygen atoms in total. The molecule has 0 N–H and O–H groups in total. The Morgan fingerprint density at radius 2 is 0.333 bits per heavy atom. The maximum absolute atomic E-state index is 2.76. The fourth-order valence-electron chi connectivity index (χ4n) is 12.7. The topological polar surface area (TPSA) is 0 Å². The second-order valence-electron chi connectivity index (χ2n) is 26.6. The van der Waals surface area contributed by atoms with E-state index in [1.54, 1.807) is 42.4 Å². The van der Waals surface area contributed by atoms with Gasteiger partial charge in [-0.05, 0) is 97.3 Å². The lowest BCUT2D eigenvalue weighted by molar-refractivity contribution is 0.862. The van der Waals surface area contributed by atoms with Crippen molar-refractivity contribution in [1.82, 2.24) is 0 Å². The molecule has 0 aliphatic carbocycles. The minimum atomic E-state index is -1.76. The Morgan fingerprint density at radius 3 is 0.469 bits per heavy atom. The molecule has 0 saturated heterocycles. The molecule has 0 radical (unpaired) electrons. The fraction of sp³-hybridized carbons (Fsp3) is 0.333. The largest absolute Gasteiger partial charge is 0.0691 e. The predicted octanol–water partition coefficient (Wildman–Crippen LogP) is 18.5.